The van der Waals surface area contributed by atoms with E-state index in [4.69, 9.17) is 9.84 Å². The number of benzene rings is 1. The lowest BCUT2D eigenvalue weighted by atomic mass is 9.54. The maximum absolute atomic E-state index is 12.2. The molecule has 25 heavy (non-hydrogen) atoms. The Morgan fingerprint density at radius 1 is 1.28 bits per heavy atom. The summed E-state index contributed by atoms with van der Waals surface area (Å²) in [4.78, 5) is 23.1. The minimum Gasteiger partial charge on any atom is -0.478 e. The molecule has 1 aliphatic rings. The zero-order valence-corrected chi connectivity index (χ0v) is 14.8. The number of hydrogen-bond acceptors (Lipinski definition) is 4. The fourth-order valence-electron chi connectivity index (χ4n) is 3.21. The average molecular weight is 350 g/mol. The molecule has 0 heterocycles. The fourth-order valence-corrected chi connectivity index (χ4v) is 3.21. The van der Waals surface area contributed by atoms with Crippen molar-refractivity contribution in [3.8, 4) is 0 Å². The van der Waals surface area contributed by atoms with E-state index in [1.54, 1.807) is 12.1 Å². The lowest BCUT2D eigenvalue weighted by molar-refractivity contribution is -0.172. The van der Waals surface area contributed by atoms with Crippen molar-refractivity contribution in [3.63, 3.8) is 0 Å². The summed E-state index contributed by atoms with van der Waals surface area (Å²) in [7, 11) is 0. The number of hydrogen-bond donors (Lipinski definition) is 4. The minimum atomic E-state index is -0.988. The van der Waals surface area contributed by atoms with Gasteiger partial charge in [0.2, 0.25) is 0 Å². The van der Waals surface area contributed by atoms with Crippen LogP contribution in [0.2, 0.25) is 0 Å². The Labute approximate surface area is 147 Å². The maximum Gasteiger partial charge on any atom is 0.335 e. The number of aromatic carboxylic acids is 1. The molecule has 0 spiro atoms. The highest BCUT2D eigenvalue weighted by Crippen LogP contribution is 2.51. The van der Waals surface area contributed by atoms with E-state index in [1.165, 1.54) is 12.1 Å². The van der Waals surface area contributed by atoms with Crippen LogP contribution in [-0.2, 0) is 11.3 Å². The Balaban J connectivity index is 1.92. The van der Waals surface area contributed by atoms with Gasteiger partial charge in [0.05, 0.1) is 23.8 Å². The van der Waals surface area contributed by atoms with E-state index in [2.05, 4.69) is 10.6 Å². The SMILES string of the molecule is CCOC1CC(CO)(NC(=O)NCc2ccc(C(=O)O)cc2)C1(C)C. The fraction of sp³-hybridized carbons (Fsp3) is 0.556. The van der Waals surface area contributed by atoms with Gasteiger partial charge in [-0.3, -0.25) is 0 Å². The number of carboxylic acid groups (broad SMARTS) is 1. The third-order valence-electron chi connectivity index (χ3n) is 5.22. The predicted octanol–water partition coefficient (Wildman–Crippen LogP) is 1.75. The van der Waals surface area contributed by atoms with Crippen molar-refractivity contribution < 1.29 is 24.5 Å². The number of rotatable bonds is 7. The highest BCUT2D eigenvalue weighted by molar-refractivity contribution is 5.87. The predicted molar refractivity (Wildman–Crippen MR) is 92.4 cm³/mol. The third kappa shape index (κ3) is 3.77. The molecule has 0 radical (unpaired) electrons. The summed E-state index contributed by atoms with van der Waals surface area (Å²) in [5.74, 6) is -0.988. The van der Waals surface area contributed by atoms with Crippen LogP contribution in [-0.4, -0.2) is 47.1 Å². The number of carbonyl (C=O) groups excluding carboxylic acids is 1. The molecule has 138 valence electrons. The van der Waals surface area contributed by atoms with Crippen molar-refractivity contribution in [1.29, 1.82) is 0 Å². The first kappa shape index (κ1) is 19.2. The molecule has 7 heteroatoms. The Morgan fingerprint density at radius 2 is 1.92 bits per heavy atom. The standard InChI is InChI=1S/C18H26N2O5/c1-4-25-14-9-18(11-21,17(14,2)3)20-16(24)19-10-12-5-7-13(8-6-12)15(22)23/h5-8,14,21H,4,9-11H2,1-3H3,(H,22,23)(H2,19,20,24). The van der Waals surface area contributed by atoms with Gasteiger partial charge in [0.25, 0.3) is 0 Å². The quantitative estimate of drug-likeness (QED) is 0.599. The van der Waals surface area contributed by atoms with Crippen LogP contribution in [0.1, 0.15) is 43.1 Å². The molecule has 1 aromatic carbocycles. The van der Waals surface area contributed by atoms with Gasteiger partial charge in [-0.1, -0.05) is 26.0 Å². The molecule has 2 unspecified atom stereocenters. The second-order valence-electron chi connectivity index (χ2n) is 6.92. The van der Waals surface area contributed by atoms with Crippen molar-refractivity contribution >= 4 is 12.0 Å². The molecule has 0 bridgehead atoms. The Bertz CT molecular complexity index is 629. The first-order valence-electron chi connectivity index (χ1n) is 8.36. The van der Waals surface area contributed by atoms with Gasteiger partial charge in [-0.15, -0.1) is 0 Å². The van der Waals surface area contributed by atoms with Crippen LogP contribution >= 0.6 is 0 Å². The first-order valence-corrected chi connectivity index (χ1v) is 8.36. The Morgan fingerprint density at radius 3 is 2.40 bits per heavy atom. The molecule has 2 amide bonds. The van der Waals surface area contributed by atoms with Crippen LogP contribution in [0.3, 0.4) is 0 Å². The molecule has 1 aromatic rings. The highest BCUT2D eigenvalue weighted by atomic mass is 16.5. The van der Waals surface area contributed by atoms with Gasteiger partial charge < -0.3 is 25.6 Å². The van der Waals surface area contributed by atoms with Crippen LogP contribution < -0.4 is 10.6 Å². The van der Waals surface area contributed by atoms with E-state index in [-0.39, 0.29) is 36.3 Å². The van der Waals surface area contributed by atoms with Gasteiger partial charge in [-0.2, -0.15) is 0 Å². The summed E-state index contributed by atoms with van der Waals surface area (Å²) in [6.07, 6.45) is 0.555. The zero-order valence-electron chi connectivity index (χ0n) is 14.8. The molecule has 7 nitrogen and oxygen atoms in total. The van der Waals surface area contributed by atoms with Gasteiger partial charge in [-0.05, 0) is 24.6 Å². The zero-order chi connectivity index (χ0) is 18.7. The van der Waals surface area contributed by atoms with Crippen molar-refractivity contribution in [2.75, 3.05) is 13.2 Å². The number of nitrogens with one attached hydrogen (secondary N) is 2. The molecule has 1 fully saturated rings. The lowest BCUT2D eigenvalue weighted by Crippen LogP contribution is -2.75. The molecule has 1 saturated carbocycles. The van der Waals surface area contributed by atoms with Crippen molar-refractivity contribution in [1.82, 2.24) is 10.6 Å². The average Bonchev–Trinajstić information content (AvgIpc) is 2.59. The van der Waals surface area contributed by atoms with Crippen molar-refractivity contribution in [2.45, 2.75) is 45.4 Å². The number of aliphatic hydroxyl groups is 1. The van der Waals surface area contributed by atoms with E-state index in [0.717, 1.165) is 5.56 Å². The lowest BCUT2D eigenvalue weighted by Gasteiger charge is -2.60. The second kappa shape index (κ2) is 7.41. The number of carbonyl (C=O) groups is 2. The maximum atomic E-state index is 12.2. The number of amides is 2. The Kier molecular flexibility index (Phi) is 5.69. The summed E-state index contributed by atoms with van der Waals surface area (Å²) >= 11 is 0. The third-order valence-corrected chi connectivity index (χ3v) is 5.22. The minimum absolute atomic E-state index is 0.00601. The summed E-state index contributed by atoms with van der Waals surface area (Å²) in [6.45, 7) is 6.56. The number of urea groups is 1. The number of ether oxygens (including phenoxy) is 1. The van der Waals surface area contributed by atoms with Crippen LogP contribution in [0.4, 0.5) is 4.79 Å². The highest BCUT2D eigenvalue weighted by Gasteiger charge is 2.61. The summed E-state index contributed by atoms with van der Waals surface area (Å²) < 4.78 is 5.66. The van der Waals surface area contributed by atoms with E-state index >= 15 is 0 Å². The summed E-state index contributed by atoms with van der Waals surface area (Å²) in [5.41, 5.74) is -0.105. The van der Waals surface area contributed by atoms with E-state index in [1.807, 2.05) is 20.8 Å². The molecule has 0 saturated heterocycles. The molecule has 1 aliphatic carbocycles. The van der Waals surface area contributed by atoms with Crippen LogP contribution in [0.5, 0.6) is 0 Å². The second-order valence-corrected chi connectivity index (χ2v) is 6.92. The molecule has 2 atom stereocenters. The first-order chi connectivity index (χ1) is 11.8. The van der Waals surface area contributed by atoms with Crippen LogP contribution in [0.25, 0.3) is 0 Å². The molecule has 0 aromatic heterocycles. The molecular weight excluding hydrogens is 324 g/mol. The van der Waals surface area contributed by atoms with E-state index < -0.39 is 11.5 Å². The van der Waals surface area contributed by atoms with Crippen LogP contribution in [0.15, 0.2) is 24.3 Å². The monoisotopic (exact) mass is 350 g/mol. The van der Waals surface area contributed by atoms with Gasteiger partial charge in [0.1, 0.15) is 0 Å². The molecule has 4 N–H and O–H groups in total. The van der Waals surface area contributed by atoms with E-state index in [0.29, 0.717) is 13.0 Å². The van der Waals surface area contributed by atoms with Crippen LogP contribution in [0, 0.1) is 5.41 Å². The van der Waals surface area contributed by atoms with Gasteiger partial charge in [0, 0.05) is 25.0 Å². The van der Waals surface area contributed by atoms with Crippen molar-refractivity contribution in [2.24, 2.45) is 5.41 Å². The molecular formula is C18H26N2O5. The van der Waals surface area contributed by atoms with Gasteiger partial charge in [-0.25, -0.2) is 9.59 Å². The summed E-state index contributed by atoms with van der Waals surface area (Å²) in [6, 6.07) is 5.93. The van der Waals surface area contributed by atoms with Crippen molar-refractivity contribution in [3.05, 3.63) is 35.4 Å². The number of carboxylic acids is 1. The Hall–Kier alpha value is -2.12. The topological polar surface area (TPSA) is 108 Å². The number of aliphatic hydroxyl groups excluding tert-OH is 1. The normalized spacial score (nSPS) is 24.2. The summed E-state index contributed by atoms with van der Waals surface area (Å²) in [5, 5.41) is 24.3. The van der Waals surface area contributed by atoms with E-state index in [9.17, 15) is 14.7 Å². The smallest absolute Gasteiger partial charge is 0.335 e. The molecule has 0 aliphatic heterocycles. The van der Waals surface area contributed by atoms with Gasteiger partial charge >= 0.3 is 12.0 Å². The van der Waals surface area contributed by atoms with Gasteiger partial charge in [0.15, 0.2) is 0 Å². The molecule has 2 rings (SSSR count). The largest absolute Gasteiger partial charge is 0.478 e.